The zero-order chi connectivity index (χ0) is 15.4. The van der Waals surface area contributed by atoms with Gasteiger partial charge in [0.05, 0.1) is 10.0 Å². The fourth-order valence-corrected chi connectivity index (χ4v) is 2.62. The lowest BCUT2D eigenvalue weighted by Crippen LogP contribution is -2.21. The summed E-state index contributed by atoms with van der Waals surface area (Å²) in [6.07, 6.45) is 3.26. The topological polar surface area (TPSA) is 48.1 Å². The molecule has 0 saturated heterocycles. The lowest BCUT2D eigenvalue weighted by Gasteiger charge is -2.14. The van der Waals surface area contributed by atoms with Crippen LogP contribution in [0.15, 0.2) is 34.9 Å². The van der Waals surface area contributed by atoms with Crippen molar-refractivity contribution in [1.82, 2.24) is 4.98 Å². The number of nitrogens with two attached hydrogens (primary N) is 1. The van der Waals surface area contributed by atoms with Crippen molar-refractivity contribution in [3.05, 3.63) is 50.5 Å². The fraction of sp³-hybridized carbons (Fsp3) is 0.267. The van der Waals surface area contributed by atoms with Crippen LogP contribution in [0.4, 0.5) is 0 Å². The van der Waals surface area contributed by atoms with Gasteiger partial charge in [0.25, 0.3) is 0 Å². The maximum absolute atomic E-state index is 6.17. The van der Waals surface area contributed by atoms with Gasteiger partial charge in [-0.1, -0.05) is 36.2 Å². The Labute approximate surface area is 142 Å². The minimum absolute atomic E-state index is 0.0699. The van der Waals surface area contributed by atoms with E-state index >= 15 is 0 Å². The van der Waals surface area contributed by atoms with E-state index in [4.69, 9.17) is 33.7 Å². The van der Waals surface area contributed by atoms with Crippen molar-refractivity contribution in [1.29, 1.82) is 0 Å². The first-order valence-electron chi connectivity index (χ1n) is 6.53. The summed E-state index contributed by atoms with van der Waals surface area (Å²) in [6, 6.07) is 7.24. The summed E-state index contributed by atoms with van der Waals surface area (Å²) in [5.74, 6) is 0.969. The van der Waals surface area contributed by atoms with Crippen molar-refractivity contribution in [2.75, 3.05) is 0 Å². The number of ether oxygens (including phenoxy) is 1. The molecule has 3 nitrogen and oxygen atoms in total. The van der Waals surface area contributed by atoms with Crippen LogP contribution in [0.3, 0.4) is 0 Å². The van der Waals surface area contributed by atoms with Gasteiger partial charge >= 0.3 is 0 Å². The zero-order valence-corrected chi connectivity index (χ0v) is 14.5. The average Bonchev–Trinajstić information content (AvgIpc) is 2.46. The summed E-state index contributed by atoms with van der Waals surface area (Å²) in [5, 5.41) is 0.986. The van der Waals surface area contributed by atoms with E-state index in [1.54, 1.807) is 18.3 Å². The van der Waals surface area contributed by atoms with Gasteiger partial charge in [-0.15, -0.1) is 0 Å². The highest BCUT2D eigenvalue weighted by Gasteiger charge is 2.13. The summed E-state index contributed by atoms with van der Waals surface area (Å²) in [4.78, 5) is 4.26. The summed E-state index contributed by atoms with van der Waals surface area (Å²) < 4.78 is 6.54. The number of pyridine rings is 1. The van der Waals surface area contributed by atoms with Gasteiger partial charge < -0.3 is 10.5 Å². The van der Waals surface area contributed by atoms with Crippen LogP contribution in [-0.4, -0.2) is 11.0 Å². The molecule has 1 atom stereocenters. The van der Waals surface area contributed by atoms with Crippen LogP contribution in [0.1, 0.15) is 18.9 Å². The highest BCUT2D eigenvalue weighted by Crippen LogP contribution is 2.36. The number of hydrogen-bond donors (Lipinski definition) is 1. The Bertz CT molecular complexity index is 637. The Morgan fingerprint density at radius 2 is 2.10 bits per heavy atom. The number of hydrogen-bond acceptors (Lipinski definition) is 3. The van der Waals surface area contributed by atoms with E-state index < -0.39 is 0 Å². The molecule has 1 aromatic heterocycles. The third kappa shape index (κ3) is 4.33. The van der Waals surface area contributed by atoms with Crippen molar-refractivity contribution in [3.63, 3.8) is 0 Å². The first-order chi connectivity index (χ1) is 10.0. The first-order valence-corrected chi connectivity index (χ1v) is 8.08. The van der Waals surface area contributed by atoms with Gasteiger partial charge in [-0.2, -0.15) is 0 Å². The van der Waals surface area contributed by atoms with Crippen molar-refractivity contribution in [2.45, 2.75) is 25.8 Å². The second-order valence-electron chi connectivity index (χ2n) is 4.64. The van der Waals surface area contributed by atoms with E-state index in [0.29, 0.717) is 28.1 Å². The molecule has 0 saturated carbocycles. The normalized spacial score (nSPS) is 12.2. The maximum Gasteiger partial charge on any atom is 0.222 e. The van der Waals surface area contributed by atoms with Crippen LogP contribution < -0.4 is 10.5 Å². The number of rotatable bonds is 5. The molecule has 0 radical (unpaired) electrons. The lowest BCUT2D eigenvalue weighted by molar-refractivity contribution is 0.452. The Morgan fingerprint density at radius 1 is 1.33 bits per heavy atom. The highest BCUT2D eigenvalue weighted by atomic mass is 79.9. The Balaban J connectivity index is 2.29. The fourth-order valence-electron chi connectivity index (χ4n) is 1.78. The Kier molecular flexibility index (Phi) is 5.88. The SMILES string of the molecule is CCC(N)Cc1cccnc1Oc1cc(Cl)c(Br)cc1Cl. The van der Waals surface area contributed by atoms with E-state index in [2.05, 4.69) is 20.9 Å². The smallest absolute Gasteiger partial charge is 0.222 e. The summed E-state index contributed by atoms with van der Waals surface area (Å²) >= 11 is 15.6. The zero-order valence-electron chi connectivity index (χ0n) is 11.4. The Hall–Kier alpha value is -0.810. The molecule has 0 aliphatic heterocycles. The van der Waals surface area contributed by atoms with E-state index in [9.17, 15) is 0 Å². The standard InChI is InChI=1S/C15H15BrCl2N2O/c1-2-10(19)6-9-4-3-5-20-15(9)21-14-8-12(17)11(16)7-13(14)18/h3-5,7-8,10H,2,6,19H2,1H3. The van der Waals surface area contributed by atoms with Gasteiger partial charge in [-0.05, 0) is 40.9 Å². The predicted octanol–water partition coefficient (Wildman–Crippen LogP) is 5.22. The summed E-state index contributed by atoms with van der Waals surface area (Å²) in [7, 11) is 0. The Morgan fingerprint density at radius 3 is 2.81 bits per heavy atom. The van der Waals surface area contributed by atoms with Crippen molar-refractivity contribution in [2.24, 2.45) is 5.73 Å². The van der Waals surface area contributed by atoms with Crippen LogP contribution in [0.25, 0.3) is 0 Å². The van der Waals surface area contributed by atoms with Crippen LogP contribution in [-0.2, 0) is 6.42 Å². The molecule has 0 amide bonds. The molecule has 112 valence electrons. The molecular weight excluding hydrogens is 375 g/mol. The van der Waals surface area contributed by atoms with Gasteiger partial charge in [0.1, 0.15) is 5.75 Å². The molecule has 2 N–H and O–H groups in total. The van der Waals surface area contributed by atoms with Gasteiger partial charge in [0.15, 0.2) is 0 Å². The second-order valence-corrected chi connectivity index (χ2v) is 6.31. The third-order valence-electron chi connectivity index (χ3n) is 3.04. The van der Waals surface area contributed by atoms with Crippen molar-refractivity contribution < 1.29 is 4.74 Å². The molecular formula is C15H15BrCl2N2O. The van der Waals surface area contributed by atoms with Crippen molar-refractivity contribution in [3.8, 4) is 11.6 Å². The molecule has 0 fully saturated rings. The first kappa shape index (κ1) is 16.6. The van der Waals surface area contributed by atoms with Gasteiger partial charge in [-0.25, -0.2) is 4.98 Å². The number of halogens is 3. The maximum atomic E-state index is 6.17. The third-order valence-corrected chi connectivity index (χ3v) is 4.53. The molecule has 0 spiro atoms. The van der Waals surface area contributed by atoms with Gasteiger partial charge in [0, 0.05) is 28.3 Å². The number of nitrogens with zero attached hydrogens (tertiary/aromatic N) is 1. The minimum atomic E-state index is 0.0699. The molecule has 0 aliphatic rings. The van der Waals surface area contributed by atoms with E-state index in [0.717, 1.165) is 16.5 Å². The molecule has 0 aliphatic carbocycles. The van der Waals surface area contributed by atoms with E-state index in [1.165, 1.54) is 0 Å². The predicted molar refractivity (Wildman–Crippen MR) is 90.4 cm³/mol. The highest BCUT2D eigenvalue weighted by molar-refractivity contribution is 9.10. The van der Waals surface area contributed by atoms with Gasteiger partial charge in [-0.3, -0.25) is 0 Å². The van der Waals surface area contributed by atoms with Crippen LogP contribution in [0, 0.1) is 0 Å². The quantitative estimate of drug-likeness (QED) is 0.712. The molecule has 1 aromatic carbocycles. The molecule has 0 bridgehead atoms. The molecule has 6 heteroatoms. The van der Waals surface area contributed by atoms with E-state index in [1.807, 2.05) is 19.1 Å². The van der Waals surface area contributed by atoms with Crippen LogP contribution >= 0.6 is 39.1 Å². The summed E-state index contributed by atoms with van der Waals surface area (Å²) in [6.45, 7) is 2.05. The van der Waals surface area contributed by atoms with Crippen molar-refractivity contribution >= 4 is 39.1 Å². The number of aromatic nitrogens is 1. The molecule has 2 rings (SSSR count). The molecule has 21 heavy (non-hydrogen) atoms. The van der Waals surface area contributed by atoms with E-state index in [-0.39, 0.29) is 6.04 Å². The second kappa shape index (κ2) is 7.45. The largest absolute Gasteiger partial charge is 0.437 e. The lowest BCUT2D eigenvalue weighted by atomic mass is 10.1. The molecule has 2 aromatic rings. The monoisotopic (exact) mass is 388 g/mol. The van der Waals surface area contributed by atoms with Gasteiger partial charge in [0.2, 0.25) is 5.88 Å². The summed E-state index contributed by atoms with van der Waals surface area (Å²) in [5.41, 5.74) is 6.95. The molecule has 1 unspecified atom stereocenters. The molecule has 1 heterocycles. The minimum Gasteiger partial charge on any atom is -0.437 e. The number of benzene rings is 1. The average molecular weight is 390 g/mol. The van der Waals surface area contributed by atoms with Crippen LogP contribution in [0.5, 0.6) is 11.6 Å². The van der Waals surface area contributed by atoms with Crippen LogP contribution in [0.2, 0.25) is 10.0 Å².